The molecule has 1 heterocycles. The summed E-state index contributed by atoms with van der Waals surface area (Å²) in [6, 6.07) is 7.74. The highest BCUT2D eigenvalue weighted by Crippen LogP contribution is 2.24. The van der Waals surface area contributed by atoms with Crippen LogP contribution in [0.4, 0.5) is 11.4 Å². The normalized spacial score (nSPS) is 16.4. The molecule has 0 bridgehead atoms. The Morgan fingerprint density at radius 2 is 1.79 bits per heavy atom. The topological polar surface area (TPSA) is 69.7 Å². The molecule has 1 amide bonds. The van der Waals surface area contributed by atoms with Crippen molar-refractivity contribution in [3.63, 3.8) is 0 Å². The maximum Gasteiger partial charge on any atom is 0.225 e. The van der Waals surface area contributed by atoms with Crippen molar-refractivity contribution in [1.82, 2.24) is 4.31 Å². The van der Waals surface area contributed by atoms with E-state index in [0.29, 0.717) is 5.69 Å². The Kier molecular flexibility index (Phi) is 6.23. The SMILES string of the molecule is CC1CCN(c2ccc(NC(=O)CCS(=O)(=O)N(C)C)cc2)CC1. The van der Waals surface area contributed by atoms with Crippen molar-refractivity contribution >= 4 is 27.3 Å². The van der Waals surface area contributed by atoms with Crippen molar-refractivity contribution in [2.24, 2.45) is 5.92 Å². The van der Waals surface area contributed by atoms with Gasteiger partial charge < -0.3 is 10.2 Å². The molecule has 0 spiro atoms. The first-order chi connectivity index (χ1) is 11.3. The molecule has 24 heavy (non-hydrogen) atoms. The number of nitrogens with zero attached hydrogens (tertiary/aromatic N) is 2. The molecule has 0 aliphatic carbocycles. The summed E-state index contributed by atoms with van der Waals surface area (Å²) in [5, 5.41) is 2.75. The molecular formula is C17H27N3O3S. The van der Waals surface area contributed by atoms with Crippen LogP contribution >= 0.6 is 0 Å². The number of amides is 1. The number of piperidine rings is 1. The van der Waals surface area contributed by atoms with E-state index in [1.54, 1.807) is 0 Å². The number of rotatable bonds is 6. The van der Waals surface area contributed by atoms with E-state index >= 15 is 0 Å². The lowest BCUT2D eigenvalue weighted by molar-refractivity contribution is -0.115. The van der Waals surface area contributed by atoms with Crippen molar-refractivity contribution in [1.29, 1.82) is 0 Å². The van der Waals surface area contributed by atoms with Crippen molar-refractivity contribution in [3.05, 3.63) is 24.3 Å². The molecule has 134 valence electrons. The monoisotopic (exact) mass is 353 g/mol. The number of anilines is 2. The number of benzene rings is 1. The molecule has 0 atom stereocenters. The van der Waals surface area contributed by atoms with E-state index in [4.69, 9.17) is 0 Å². The molecule has 0 unspecified atom stereocenters. The van der Waals surface area contributed by atoms with Crippen LogP contribution < -0.4 is 10.2 Å². The molecule has 1 aliphatic heterocycles. The number of carbonyl (C=O) groups is 1. The molecule has 7 heteroatoms. The first-order valence-electron chi connectivity index (χ1n) is 8.33. The highest BCUT2D eigenvalue weighted by Gasteiger charge is 2.17. The summed E-state index contributed by atoms with van der Waals surface area (Å²) in [7, 11) is -0.414. The Labute approximate surface area is 144 Å². The summed E-state index contributed by atoms with van der Waals surface area (Å²) in [4.78, 5) is 14.3. The van der Waals surface area contributed by atoms with E-state index in [1.165, 1.54) is 26.9 Å². The van der Waals surface area contributed by atoms with Gasteiger partial charge in [-0.2, -0.15) is 0 Å². The van der Waals surface area contributed by atoms with Gasteiger partial charge >= 0.3 is 0 Å². The summed E-state index contributed by atoms with van der Waals surface area (Å²) < 4.78 is 24.5. The molecule has 1 fully saturated rings. The van der Waals surface area contributed by atoms with Gasteiger partial charge in [-0.05, 0) is 43.0 Å². The fourth-order valence-corrected chi connectivity index (χ4v) is 3.46. The van der Waals surface area contributed by atoms with E-state index in [-0.39, 0.29) is 18.1 Å². The summed E-state index contributed by atoms with van der Waals surface area (Å²) in [5.41, 5.74) is 1.85. The van der Waals surface area contributed by atoms with Gasteiger partial charge in [-0.15, -0.1) is 0 Å². The molecule has 1 aliphatic rings. The summed E-state index contributed by atoms with van der Waals surface area (Å²) >= 11 is 0. The molecule has 0 radical (unpaired) electrons. The number of hydrogen-bond acceptors (Lipinski definition) is 4. The summed E-state index contributed by atoms with van der Waals surface area (Å²) in [5.74, 6) is 0.314. The molecule has 2 rings (SSSR count). The average molecular weight is 353 g/mol. The lowest BCUT2D eigenvalue weighted by Gasteiger charge is -2.32. The number of nitrogens with one attached hydrogen (secondary N) is 1. The molecule has 1 N–H and O–H groups in total. The third-order valence-electron chi connectivity index (χ3n) is 4.44. The van der Waals surface area contributed by atoms with Crippen molar-refractivity contribution < 1.29 is 13.2 Å². The molecule has 1 saturated heterocycles. The fraction of sp³-hybridized carbons (Fsp3) is 0.588. The highest BCUT2D eigenvalue weighted by molar-refractivity contribution is 7.89. The Morgan fingerprint density at radius 3 is 2.33 bits per heavy atom. The molecule has 0 saturated carbocycles. The second-order valence-corrected chi connectivity index (χ2v) is 8.92. The van der Waals surface area contributed by atoms with Gasteiger partial charge in [0.1, 0.15) is 0 Å². The van der Waals surface area contributed by atoms with Gasteiger partial charge in [-0.3, -0.25) is 4.79 Å². The molecule has 1 aromatic rings. The van der Waals surface area contributed by atoms with Crippen LogP contribution in [-0.2, 0) is 14.8 Å². The number of sulfonamides is 1. The zero-order valence-electron chi connectivity index (χ0n) is 14.7. The van der Waals surface area contributed by atoms with E-state index in [0.717, 1.165) is 29.0 Å². The maximum atomic E-state index is 11.9. The Balaban J connectivity index is 1.86. The third kappa shape index (κ3) is 5.21. The van der Waals surface area contributed by atoms with Crippen molar-refractivity contribution in [2.45, 2.75) is 26.2 Å². The van der Waals surface area contributed by atoms with Gasteiger partial charge in [0.15, 0.2) is 0 Å². The van der Waals surface area contributed by atoms with E-state index in [2.05, 4.69) is 17.1 Å². The minimum Gasteiger partial charge on any atom is -0.372 e. The maximum absolute atomic E-state index is 11.9. The van der Waals surface area contributed by atoms with E-state index in [1.807, 2.05) is 24.3 Å². The molecule has 0 aromatic heterocycles. The smallest absolute Gasteiger partial charge is 0.225 e. The highest BCUT2D eigenvalue weighted by atomic mass is 32.2. The Hall–Kier alpha value is -1.60. The number of hydrogen-bond donors (Lipinski definition) is 1. The van der Waals surface area contributed by atoms with Crippen molar-refractivity contribution in [3.8, 4) is 0 Å². The van der Waals surface area contributed by atoms with Crippen LogP contribution in [0.5, 0.6) is 0 Å². The van der Waals surface area contributed by atoms with Gasteiger partial charge in [-0.1, -0.05) is 6.92 Å². The lowest BCUT2D eigenvalue weighted by Crippen LogP contribution is -2.32. The van der Waals surface area contributed by atoms with Gasteiger partial charge in [0, 0.05) is 45.0 Å². The van der Waals surface area contributed by atoms with Crippen LogP contribution in [0.2, 0.25) is 0 Å². The largest absolute Gasteiger partial charge is 0.372 e. The fourth-order valence-electron chi connectivity index (χ4n) is 2.65. The van der Waals surface area contributed by atoms with Crippen LogP contribution in [0, 0.1) is 5.92 Å². The van der Waals surface area contributed by atoms with Crippen molar-refractivity contribution in [2.75, 3.05) is 43.2 Å². The first-order valence-corrected chi connectivity index (χ1v) is 9.94. The molecular weight excluding hydrogens is 326 g/mol. The van der Waals surface area contributed by atoms with E-state index < -0.39 is 10.0 Å². The van der Waals surface area contributed by atoms with Gasteiger partial charge in [0.05, 0.1) is 5.75 Å². The van der Waals surface area contributed by atoms with E-state index in [9.17, 15) is 13.2 Å². The standard InChI is InChI=1S/C17H27N3O3S/c1-14-8-11-20(12-9-14)16-6-4-15(5-7-16)18-17(21)10-13-24(22,23)19(2)3/h4-7,14H,8-13H2,1-3H3,(H,18,21). The molecule has 1 aromatic carbocycles. The summed E-state index contributed by atoms with van der Waals surface area (Å²) in [6.07, 6.45) is 2.37. The van der Waals surface area contributed by atoms with Crippen LogP contribution in [-0.4, -0.2) is 51.6 Å². The third-order valence-corrected chi connectivity index (χ3v) is 6.28. The minimum atomic E-state index is -3.35. The second-order valence-electron chi connectivity index (χ2n) is 6.61. The van der Waals surface area contributed by atoms with Crippen LogP contribution in [0.15, 0.2) is 24.3 Å². The van der Waals surface area contributed by atoms with Crippen LogP contribution in [0.1, 0.15) is 26.2 Å². The second kappa shape index (κ2) is 7.98. The quantitative estimate of drug-likeness (QED) is 0.851. The minimum absolute atomic E-state index is 0.0493. The van der Waals surface area contributed by atoms with Crippen LogP contribution in [0.3, 0.4) is 0 Å². The predicted octanol–water partition coefficient (Wildman–Crippen LogP) is 2.14. The molecule has 6 nitrogen and oxygen atoms in total. The Bertz CT molecular complexity index is 648. The van der Waals surface area contributed by atoms with Crippen LogP contribution in [0.25, 0.3) is 0 Å². The summed E-state index contributed by atoms with van der Waals surface area (Å²) in [6.45, 7) is 4.41. The zero-order chi connectivity index (χ0) is 17.7. The van der Waals surface area contributed by atoms with Gasteiger partial charge in [-0.25, -0.2) is 12.7 Å². The van der Waals surface area contributed by atoms with Gasteiger partial charge in [0.2, 0.25) is 15.9 Å². The van der Waals surface area contributed by atoms with Gasteiger partial charge in [0.25, 0.3) is 0 Å². The zero-order valence-corrected chi connectivity index (χ0v) is 15.5. The predicted molar refractivity (Wildman–Crippen MR) is 97.8 cm³/mol. The number of carbonyl (C=O) groups excluding carboxylic acids is 1. The lowest BCUT2D eigenvalue weighted by atomic mass is 9.99. The average Bonchev–Trinajstić information content (AvgIpc) is 2.54. The Morgan fingerprint density at radius 1 is 1.21 bits per heavy atom. The first kappa shape index (κ1) is 18.7.